The number of guanidine groups is 1. The number of nitrogens with zero attached hydrogens (tertiary/aromatic N) is 1. The molecule has 4 unspecified atom stereocenters. The highest BCUT2D eigenvalue weighted by atomic mass is 16.5. The van der Waals surface area contributed by atoms with Crippen molar-refractivity contribution in [2.75, 3.05) is 13.7 Å². The Bertz CT molecular complexity index is 650. The molecule has 1 heterocycles. The van der Waals surface area contributed by atoms with E-state index in [0.29, 0.717) is 23.5 Å². The fraction of sp³-hybridized carbons (Fsp3) is 0.667. The summed E-state index contributed by atoms with van der Waals surface area (Å²) in [6, 6.07) is 9.32. The zero-order chi connectivity index (χ0) is 17.4. The molecule has 136 valence electrons. The molecule has 4 heteroatoms. The van der Waals surface area contributed by atoms with Crippen molar-refractivity contribution in [3.05, 3.63) is 35.4 Å². The van der Waals surface area contributed by atoms with Crippen LogP contribution in [-0.4, -0.2) is 31.8 Å². The van der Waals surface area contributed by atoms with E-state index in [-0.39, 0.29) is 6.04 Å². The van der Waals surface area contributed by atoms with E-state index in [9.17, 15) is 0 Å². The van der Waals surface area contributed by atoms with Crippen LogP contribution in [0.5, 0.6) is 0 Å². The van der Waals surface area contributed by atoms with Crippen LogP contribution in [0.1, 0.15) is 56.2 Å². The third-order valence-corrected chi connectivity index (χ3v) is 6.81. The molecule has 1 aliphatic heterocycles. The minimum absolute atomic E-state index is 0.239. The zero-order valence-electron chi connectivity index (χ0n) is 15.7. The van der Waals surface area contributed by atoms with Gasteiger partial charge in [0, 0.05) is 31.0 Å². The molecule has 3 fully saturated rings. The van der Waals surface area contributed by atoms with Crippen LogP contribution in [-0.2, 0) is 4.74 Å². The third-order valence-electron chi connectivity index (χ3n) is 6.81. The zero-order valence-corrected chi connectivity index (χ0v) is 15.7. The first-order chi connectivity index (χ1) is 12.2. The molecule has 4 atom stereocenters. The lowest BCUT2D eigenvalue weighted by molar-refractivity contribution is -0.125. The van der Waals surface area contributed by atoms with Crippen molar-refractivity contribution in [2.24, 2.45) is 16.3 Å². The summed E-state index contributed by atoms with van der Waals surface area (Å²) in [5.74, 6) is 1.59. The van der Waals surface area contributed by atoms with Gasteiger partial charge in [-0.25, -0.2) is 0 Å². The van der Waals surface area contributed by atoms with Gasteiger partial charge in [-0.1, -0.05) is 37.1 Å². The maximum atomic E-state index is 6.10. The first-order valence-corrected chi connectivity index (χ1v) is 9.83. The lowest BCUT2D eigenvalue weighted by atomic mass is 9.54. The predicted octanol–water partition coefficient (Wildman–Crippen LogP) is 3.57. The largest absolute Gasteiger partial charge is 0.377 e. The smallest absolute Gasteiger partial charge is 0.191 e. The second kappa shape index (κ2) is 6.64. The molecule has 1 spiro atoms. The lowest BCUT2D eigenvalue weighted by Gasteiger charge is -2.57. The van der Waals surface area contributed by atoms with Crippen molar-refractivity contribution in [3.63, 3.8) is 0 Å². The van der Waals surface area contributed by atoms with E-state index in [1.165, 1.54) is 43.2 Å². The van der Waals surface area contributed by atoms with Gasteiger partial charge in [-0.2, -0.15) is 0 Å². The van der Waals surface area contributed by atoms with E-state index in [0.717, 1.165) is 12.6 Å². The minimum Gasteiger partial charge on any atom is -0.377 e. The SMILES string of the molecule is CN=C(NC(C)c1ccccc1C)NC1C2CCOC2C12CCCC2. The molecule has 1 aromatic carbocycles. The number of aryl methyl sites for hydroxylation is 1. The number of hydrogen-bond acceptors (Lipinski definition) is 2. The molecular formula is C21H31N3O. The van der Waals surface area contributed by atoms with Gasteiger partial charge >= 0.3 is 0 Å². The summed E-state index contributed by atoms with van der Waals surface area (Å²) < 4.78 is 6.10. The quantitative estimate of drug-likeness (QED) is 0.653. The third kappa shape index (κ3) is 2.75. The Hall–Kier alpha value is -1.55. The Kier molecular flexibility index (Phi) is 4.48. The number of hydrogen-bond donors (Lipinski definition) is 2. The number of ether oxygens (including phenoxy) is 1. The van der Waals surface area contributed by atoms with Crippen molar-refractivity contribution in [1.82, 2.24) is 10.6 Å². The summed E-state index contributed by atoms with van der Waals surface area (Å²) in [6.07, 6.45) is 6.97. The van der Waals surface area contributed by atoms with Gasteiger partial charge in [-0.3, -0.25) is 4.99 Å². The molecule has 0 bridgehead atoms. The second-order valence-electron chi connectivity index (χ2n) is 8.10. The molecule has 2 aliphatic carbocycles. The summed E-state index contributed by atoms with van der Waals surface area (Å²) in [5, 5.41) is 7.39. The first-order valence-electron chi connectivity index (χ1n) is 9.83. The molecule has 4 rings (SSSR count). The predicted molar refractivity (Wildman–Crippen MR) is 102 cm³/mol. The van der Waals surface area contributed by atoms with Crippen molar-refractivity contribution in [2.45, 2.75) is 64.1 Å². The van der Waals surface area contributed by atoms with Crippen LogP contribution in [0, 0.1) is 18.3 Å². The van der Waals surface area contributed by atoms with Gasteiger partial charge in [0.2, 0.25) is 0 Å². The fourth-order valence-electron chi connectivity index (χ4n) is 5.58. The molecule has 1 saturated heterocycles. The monoisotopic (exact) mass is 341 g/mol. The topological polar surface area (TPSA) is 45.7 Å². The Morgan fingerprint density at radius 1 is 1.28 bits per heavy atom. The molecule has 0 radical (unpaired) electrons. The summed E-state index contributed by atoms with van der Waals surface area (Å²) in [6.45, 7) is 5.31. The molecule has 1 aromatic rings. The van der Waals surface area contributed by atoms with Crippen molar-refractivity contribution < 1.29 is 4.74 Å². The lowest BCUT2D eigenvalue weighted by Crippen LogP contribution is -2.69. The molecule has 0 amide bonds. The van der Waals surface area contributed by atoms with Gasteiger partial charge in [-0.05, 0) is 44.2 Å². The standard InChI is InChI=1S/C21H31N3O/c1-14-8-4-5-9-16(14)15(2)23-20(22-3)24-18-17-10-13-25-19(17)21(18)11-6-7-12-21/h4-5,8-9,15,17-19H,6-7,10-13H2,1-3H3,(H2,22,23,24). The minimum atomic E-state index is 0.239. The van der Waals surface area contributed by atoms with E-state index >= 15 is 0 Å². The molecule has 0 aromatic heterocycles. The van der Waals surface area contributed by atoms with Gasteiger partial charge in [0.05, 0.1) is 12.1 Å². The van der Waals surface area contributed by atoms with Gasteiger partial charge in [0.1, 0.15) is 0 Å². The van der Waals surface area contributed by atoms with Crippen LogP contribution in [0.4, 0.5) is 0 Å². The molecule has 2 N–H and O–H groups in total. The summed E-state index contributed by atoms with van der Waals surface area (Å²) in [7, 11) is 1.88. The van der Waals surface area contributed by atoms with Crippen LogP contribution in [0.2, 0.25) is 0 Å². The van der Waals surface area contributed by atoms with E-state index in [1.54, 1.807) is 0 Å². The molecular weight excluding hydrogens is 310 g/mol. The Morgan fingerprint density at radius 2 is 2.04 bits per heavy atom. The number of nitrogens with one attached hydrogen (secondary N) is 2. The molecule has 2 saturated carbocycles. The van der Waals surface area contributed by atoms with Crippen LogP contribution >= 0.6 is 0 Å². The number of benzene rings is 1. The van der Waals surface area contributed by atoms with Gasteiger partial charge in [-0.15, -0.1) is 0 Å². The first kappa shape index (κ1) is 16.9. The average Bonchev–Trinajstić information content (AvgIpc) is 3.27. The normalized spacial score (nSPS) is 31.5. The number of fused-ring (bicyclic) bond motifs is 2. The highest BCUT2D eigenvalue weighted by molar-refractivity contribution is 5.80. The van der Waals surface area contributed by atoms with Crippen LogP contribution in [0.15, 0.2) is 29.3 Å². The number of aliphatic imine (C=N–C) groups is 1. The summed E-state index contributed by atoms with van der Waals surface area (Å²) in [5.41, 5.74) is 3.00. The highest BCUT2D eigenvalue weighted by Crippen LogP contribution is 2.60. The van der Waals surface area contributed by atoms with Gasteiger partial charge in [0.25, 0.3) is 0 Å². The average molecular weight is 341 g/mol. The van der Waals surface area contributed by atoms with Crippen LogP contribution < -0.4 is 10.6 Å². The highest BCUT2D eigenvalue weighted by Gasteiger charge is 2.65. The van der Waals surface area contributed by atoms with Crippen LogP contribution in [0.3, 0.4) is 0 Å². The van der Waals surface area contributed by atoms with Gasteiger partial charge < -0.3 is 15.4 Å². The summed E-state index contributed by atoms with van der Waals surface area (Å²) >= 11 is 0. The van der Waals surface area contributed by atoms with Gasteiger partial charge in [0.15, 0.2) is 5.96 Å². The maximum absolute atomic E-state index is 6.10. The fourth-order valence-corrected chi connectivity index (χ4v) is 5.58. The van der Waals surface area contributed by atoms with E-state index in [1.807, 2.05) is 7.05 Å². The van der Waals surface area contributed by atoms with Crippen LogP contribution in [0.25, 0.3) is 0 Å². The maximum Gasteiger partial charge on any atom is 0.191 e. The molecule has 4 nitrogen and oxygen atoms in total. The molecule has 25 heavy (non-hydrogen) atoms. The summed E-state index contributed by atoms with van der Waals surface area (Å²) in [4.78, 5) is 4.53. The number of rotatable bonds is 3. The van der Waals surface area contributed by atoms with Crippen molar-refractivity contribution >= 4 is 5.96 Å². The molecule has 3 aliphatic rings. The second-order valence-corrected chi connectivity index (χ2v) is 8.10. The Labute approximate surface area is 151 Å². The van der Waals surface area contributed by atoms with E-state index in [4.69, 9.17) is 4.74 Å². The van der Waals surface area contributed by atoms with E-state index in [2.05, 4.69) is 53.7 Å². The van der Waals surface area contributed by atoms with Crippen molar-refractivity contribution in [1.29, 1.82) is 0 Å². The van der Waals surface area contributed by atoms with Crippen molar-refractivity contribution in [3.8, 4) is 0 Å². The Morgan fingerprint density at radius 3 is 2.76 bits per heavy atom. The Balaban J connectivity index is 1.46. The van der Waals surface area contributed by atoms with E-state index < -0.39 is 0 Å².